The number of methoxy groups -OCH3 is 1. The van der Waals surface area contributed by atoms with Crippen LogP contribution in [0.25, 0.3) is 0 Å². The maximum absolute atomic E-state index is 12.1. The third-order valence-corrected chi connectivity index (χ3v) is 3.60. The first kappa shape index (κ1) is 17.3. The highest BCUT2D eigenvalue weighted by molar-refractivity contribution is 5.91. The van der Waals surface area contributed by atoms with Crippen molar-refractivity contribution in [3.63, 3.8) is 0 Å². The molecule has 1 rings (SSSR count). The van der Waals surface area contributed by atoms with Gasteiger partial charge in [-0.05, 0) is 38.6 Å². The second-order valence-electron chi connectivity index (χ2n) is 6.25. The molecule has 0 aliphatic heterocycles. The molecular weight excluding hydrogens is 266 g/mol. The summed E-state index contributed by atoms with van der Waals surface area (Å²) in [6.45, 7) is 7.19. The van der Waals surface area contributed by atoms with Gasteiger partial charge in [0.05, 0.1) is 12.8 Å². The van der Waals surface area contributed by atoms with Gasteiger partial charge in [0, 0.05) is 12.6 Å². The highest BCUT2D eigenvalue weighted by Crippen LogP contribution is 2.24. The van der Waals surface area contributed by atoms with E-state index in [0.717, 1.165) is 6.54 Å². The average Bonchev–Trinajstić information content (AvgIpc) is 2.37. The van der Waals surface area contributed by atoms with Crippen molar-refractivity contribution in [1.29, 1.82) is 0 Å². The van der Waals surface area contributed by atoms with Crippen LogP contribution in [-0.2, 0) is 0 Å². The summed E-state index contributed by atoms with van der Waals surface area (Å²) in [6, 6.07) is 7.17. The van der Waals surface area contributed by atoms with Gasteiger partial charge in [0.1, 0.15) is 5.75 Å². The lowest BCUT2D eigenvalue weighted by molar-refractivity contribution is 0.183. The van der Waals surface area contributed by atoms with Crippen LogP contribution in [0.1, 0.15) is 20.8 Å². The third-order valence-electron chi connectivity index (χ3n) is 3.60. The van der Waals surface area contributed by atoms with Gasteiger partial charge in [-0.2, -0.15) is 0 Å². The molecule has 0 bridgehead atoms. The first-order valence-corrected chi connectivity index (χ1v) is 7.11. The predicted molar refractivity (Wildman–Crippen MR) is 86.9 cm³/mol. The molecule has 1 aromatic rings. The van der Waals surface area contributed by atoms with Gasteiger partial charge in [-0.3, -0.25) is 0 Å². The molecule has 2 amide bonds. The Morgan fingerprint density at radius 3 is 2.52 bits per heavy atom. The Morgan fingerprint density at radius 2 is 1.95 bits per heavy atom. The number of hydrogen-bond acceptors (Lipinski definition) is 3. The molecule has 5 nitrogen and oxygen atoms in total. The standard InChI is InChI=1S/C16H27N3O2/c1-12(16(2,3)11-19(4)5)17-15(20)18-13-9-7-8-10-14(13)21-6/h7-10,12H,11H2,1-6H3,(H2,17,18,20). The molecule has 1 aromatic carbocycles. The lowest BCUT2D eigenvalue weighted by atomic mass is 9.85. The van der Waals surface area contributed by atoms with Gasteiger partial charge in [-0.25, -0.2) is 4.79 Å². The predicted octanol–water partition coefficient (Wildman–Crippen LogP) is 2.79. The van der Waals surface area contributed by atoms with E-state index in [4.69, 9.17) is 4.74 Å². The zero-order valence-corrected chi connectivity index (χ0v) is 13.9. The molecule has 5 heteroatoms. The summed E-state index contributed by atoms with van der Waals surface area (Å²) >= 11 is 0. The van der Waals surface area contributed by atoms with Gasteiger partial charge in [-0.1, -0.05) is 26.0 Å². The van der Waals surface area contributed by atoms with Gasteiger partial charge in [0.25, 0.3) is 0 Å². The fourth-order valence-corrected chi connectivity index (χ4v) is 2.25. The van der Waals surface area contributed by atoms with E-state index in [1.54, 1.807) is 7.11 Å². The van der Waals surface area contributed by atoms with Gasteiger partial charge in [-0.15, -0.1) is 0 Å². The van der Waals surface area contributed by atoms with Crippen molar-refractivity contribution in [1.82, 2.24) is 10.2 Å². The minimum Gasteiger partial charge on any atom is -0.495 e. The topological polar surface area (TPSA) is 53.6 Å². The van der Waals surface area contributed by atoms with E-state index in [-0.39, 0.29) is 17.5 Å². The van der Waals surface area contributed by atoms with Gasteiger partial charge >= 0.3 is 6.03 Å². The number of carbonyl (C=O) groups excluding carboxylic acids is 1. The molecule has 0 saturated heterocycles. The molecule has 1 atom stereocenters. The van der Waals surface area contributed by atoms with E-state index in [1.807, 2.05) is 45.3 Å². The van der Waals surface area contributed by atoms with E-state index < -0.39 is 0 Å². The summed E-state index contributed by atoms with van der Waals surface area (Å²) in [6.07, 6.45) is 0. The number of amides is 2. The number of nitrogens with zero attached hydrogens (tertiary/aromatic N) is 1. The summed E-state index contributed by atoms with van der Waals surface area (Å²) in [7, 11) is 5.65. The quantitative estimate of drug-likeness (QED) is 0.848. The second kappa shape index (κ2) is 7.31. The van der Waals surface area contributed by atoms with Crippen LogP contribution in [0.3, 0.4) is 0 Å². The van der Waals surface area contributed by atoms with Crippen LogP contribution in [0.5, 0.6) is 5.75 Å². The van der Waals surface area contributed by atoms with Crippen molar-refractivity contribution < 1.29 is 9.53 Å². The van der Waals surface area contributed by atoms with Gasteiger partial charge < -0.3 is 20.3 Å². The Labute approximate surface area is 127 Å². The number of para-hydroxylation sites is 2. The van der Waals surface area contributed by atoms with E-state index >= 15 is 0 Å². The number of urea groups is 1. The van der Waals surface area contributed by atoms with Gasteiger partial charge in [0.2, 0.25) is 0 Å². The van der Waals surface area contributed by atoms with Crippen LogP contribution in [0, 0.1) is 5.41 Å². The van der Waals surface area contributed by atoms with Crippen LogP contribution >= 0.6 is 0 Å². The lowest BCUT2D eigenvalue weighted by Gasteiger charge is -2.34. The molecule has 1 unspecified atom stereocenters. The highest BCUT2D eigenvalue weighted by Gasteiger charge is 2.27. The van der Waals surface area contributed by atoms with E-state index in [9.17, 15) is 4.79 Å². The van der Waals surface area contributed by atoms with Crippen LogP contribution in [0.15, 0.2) is 24.3 Å². The molecule has 21 heavy (non-hydrogen) atoms. The Morgan fingerprint density at radius 1 is 1.33 bits per heavy atom. The number of ether oxygens (including phenoxy) is 1. The summed E-state index contributed by atoms with van der Waals surface area (Å²) in [5, 5.41) is 5.82. The van der Waals surface area contributed by atoms with Gasteiger partial charge in [0.15, 0.2) is 0 Å². The lowest BCUT2D eigenvalue weighted by Crippen LogP contribution is -2.48. The molecule has 2 N–H and O–H groups in total. The molecule has 0 heterocycles. The minimum atomic E-state index is -0.223. The maximum atomic E-state index is 12.1. The molecule has 0 saturated carbocycles. The Balaban J connectivity index is 2.65. The Hall–Kier alpha value is -1.75. The molecule has 0 radical (unpaired) electrons. The number of rotatable bonds is 6. The van der Waals surface area contributed by atoms with Crippen molar-refractivity contribution in [2.75, 3.05) is 33.1 Å². The monoisotopic (exact) mass is 293 g/mol. The number of anilines is 1. The number of carbonyl (C=O) groups is 1. The highest BCUT2D eigenvalue weighted by atomic mass is 16.5. The van der Waals surface area contributed by atoms with Crippen LogP contribution in [0.2, 0.25) is 0 Å². The van der Waals surface area contributed by atoms with E-state index in [2.05, 4.69) is 29.4 Å². The van der Waals surface area contributed by atoms with E-state index in [0.29, 0.717) is 11.4 Å². The zero-order valence-electron chi connectivity index (χ0n) is 13.9. The Kier molecular flexibility index (Phi) is 6.03. The molecule has 0 aromatic heterocycles. The zero-order chi connectivity index (χ0) is 16.0. The first-order chi connectivity index (χ1) is 9.76. The minimum absolute atomic E-state index is 0.0262. The number of hydrogen-bond donors (Lipinski definition) is 2. The fraction of sp³-hybridized carbons (Fsp3) is 0.562. The molecule has 118 valence electrons. The number of benzene rings is 1. The van der Waals surface area contributed by atoms with Crippen molar-refractivity contribution in [2.45, 2.75) is 26.8 Å². The van der Waals surface area contributed by atoms with E-state index in [1.165, 1.54) is 0 Å². The summed E-state index contributed by atoms with van der Waals surface area (Å²) in [5.74, 6) is 0.646. The van der Waals surface area contributed by atoms with Crippen LogP contribution in [0.4, 0.5) is 10.5 Å². The van der Waals surface area contributed by atoms with Crippen molar-refractivity contribution in [3.05, 3.63) is 24.3 Å². The number of nitrogens with one attached hydrogen (secondary N) is 2. The molecule has 0 aliphatic rings. The second-order valence-corrected chi connectivity index (χ2v) is 6.25. The average molecular weight is 293 g/mol. The Bertz CT molecular complexity index is 472. The maximum Gasteiger partial charge on any atom is 0.319 e. The SMILES string of the molecule is COc1ccccc1NC(=O)NC(C)C(C)(C)CN(C)C. The first-order valence-electron chi connectivity index (χ1n) is 7.11. The smallest absolute Gasteiger partial charge is 0.319 e. The summed E-state index contributed by atoms with van der Waals surface area (Å²) < 4.78 is 5.22. The van der Waals surface area contributed by atoms with Crippen molar-refractivity contribution in [2.24, 2.45) is 5.41 Å². The van der Waals surface area contributed by atoms with Crippen LogP contribution < -0.4 is 15.4 Å². The normalized spacial score (nSPS) is 12.9. The summed E-state index contributed by atoms with van der Waals surface area (Å²) in [5.41, 5.74) is 0.636. The largest absolute Gasteiger partial charge is 0.495 e. The van der Waals surface area contributed by atoms with Crippen molar-refractivity contribution in [3.8, 4) is 5.75 Å². The molecule has 0 fully saturated rings. The van der Waals surface area contributed by atoms with Crippen LogP contribution in [-0.4, -0.2) is 44.7 Å². The third kappa shape index (κ3) is 5.27. The molecule has 0 spiro atoms. The molecular formula is C16H27N3O2. The summed E-state index contributed by atoms with van der Waals surface area (Å²) in [4.78, 5) is 14.3. The van der Waals surface area contributed by atoms with Crippen molar-refractivity contribution >= 4 is 11.7 Å². The fourth-order valence-electron chi connectivity index (χ4n) is 2.25. The molecule has 0 aliphatic carbocycles.